The molecule has 0 unspecified atom stereocenters. The molecule has 0 fully saturated rings. The highest BCUT2D eigenvalue weighted by atomic mass is 16.6. The number of ether oxygens (including phenoxy) is 1. The number of hydrogen-bond donors (Lipinski definition) is 1. The zero-order valence-electron chi connectivity index (χ0n) is 12.4. The Morgan fingerprint density at radius 3 is 2.85 bits per heavy atom. The first-order valence-corrected chi connectivity index (χ1v) is 7.08. The Balaban J connectivity index is 2.15. The molecule has 2 rings (SSSR count). The van der Waals surface area contributed by atoms with Gasteiger partial charge < -0.3 is 14.4 Å². The summed E-state index contributed by atoms with van der Waals surface area (Å²) in [6.07, 6.45) is 3.91. The van der Waals surface area contributed by atoms with E-state index in [0.29, 0.717) is 18.9 Å². The van der Waals surface area contributed by atoms with Crippen LogP contribution in [0.2, 0.25) is 0 Å². The monoisotopic (exact) mass is 281 g/mol. The number of carbonyl (C=O) groups is 1. The number of hydrogen-bond acceptors (Lipinski definition) is 4. The summed E-state index contributed by atoms with van der Waals surface area (Å²) in [5.41, 5.74) is 0.399. The maximum atomic E-state index is 12.2. The zero-order chi connectivity index (χ0) is 14.8. The average Bonchev–Trinajstić information content (AvgIpc) is 2.76. The maximum absolute atomic E-state index is 12.2. The van der Waals surface area contributed by atoms with Crippen molar-refractivity contribution in [2.45, 2.75) is 52.2 Å². The molecule has 20 heavy (non-hydrogen) atoms. The fourth-order valence-electron chi connectivity index (χ4n) is 2.21. The number of imidazole rings is 1. The van der Waals surface area contributed by atoms with Gasteiger partial charge in [0.05, 0.1) is 5.69 Å². The van der Waals surface area contributed by atoms with Crippen LogP contribution in [0.1, 0.15) is 39.3 Å². The Bertz CT molecular complexity index is 476. The lowest BCUT2D eigenvalue weighted by molar-refractivity contribution is 0.0572. The van der Waals surface area contributed by atoms with E-state index < -0.39 is 5.60 Å². The summed E-state index contributed by atoms with van der Waals surface area (Å²) < 4.78 is 7.40. The Morgan fingerprint density at radius 2 is 2.20 bits per heavy atom. The molecule has 1 aliphatic heterocycles. The van der Waals surface area contributed by atoms with Crippen LogP contribution in [-0.2, 0) is 17.7 Å². The number of anilines is 1. The van der Waals surface area contributed by atoms with Crippen LogP contribution < -0.4 is 4.90 Å². The number of fused-ring (bicyclic) bond motifs is 1. The molecule has 0 radical (unpaired) electrons. The number of nitrogens with zero attached hydrogens (tertiary/aromatic N) is 3. The van der Waals surface area contributed by atoms with E-state index in [1.807, 2.05) is 31.5 Å². The zero-order valence-corrected chi connectivity index (χ0v) is 12.4. The van der Waals surface area contributed by atoms with Crippen LogP contribution in [0.4, 0.5) is 10.7 Å². The van der Waals surface area contributed by atoms with Crippen molar-refractivity contribution >= 4 is 12.0 Å². The van der Waals surface area contributed by atoms with E-state index in [2.05, 4.69) is 4.98 Å². The van der Waals surface area contributed by atoms with Crippen LogP contribution in [0.3, 0.4) is 0 Å². The number of carbonyl (C=O) groups excluding carboxylic acids is 1. The van der Waals surface area contributed by atoms with Crippen LogP contribution in [0.5, 0.6) is 0 Å². The van der Waals surface area contributed by atoms with Gasteiger partial charge >= 0.3 is 6.09 Å². The topological polar surface area (TPSA) is 67.6 Å². The van der Waals surface area contributed by atoms with Crippen molar-refractivity contribution < 1.29 is 14.6 Å². The molecule has 1 amide bonds. The van der Waals surface area contributed by atoms with Crippen LogP contribution in [-0.4, -0.2) is 39.5 Å². The number of aliphatic hydroxyl groups excluding tert-OH is 1. The molecule has 0 atom stereocenters. The normalized spacial score (nSPS) is 15.1. The smallest absolute Gasteiger partial charge is 0.417 e. The SMILES string of the molecule is CC(C)(C)OC(=O)N1CCCn2cc(CCCO)nc21. The highest BCUT2D eigenvalue weighted by Gasteiger charge is 2.29. The van der Waals surface area contributed by atoms with Crippen LogP contribution in [0.15, 0.2) is 6.20 Å². The van der Waals surface area contributed by atoms with Gasteiger partial charge in [-0.05, 0) is 40.0 Å². The standard InChI is InChI=1S/C14H23N3O3/c1-14(2,3)20-13(19)17-8-5-7-16-10-11(6-4-9-18)15-12(16)17/h10,18H,4-9H2,1-3H3. The average molecular weight is 281 g/mol. The van der Waals surface area contributed by atoms with E-state index >= 15 is 0 Å². The first-order chi connectivity index (χ1) is 9.40. The molecule has 1 N–H and O–H groups in total. The van der Waals surface area contributed by atoms with Crippen molar-refractivity contribution in [3.63, 3.8) is 0 Å². The maximum Gasteiger partial charge on any atom is 0.417 e. The largest absolute Gasteiger partial charge is 0.443 e. The highest BCUT2D eigenvalue weighted by molar-refractivity contribution is 5.86. The first kappa shape index (κ1) is 14.8. The number of aromatic nitrogens is 2. The summed E-state index contributed by atoms with van der Waals surface area (Å²) in [6.45, 7) is 7.21. The summed E-state index contributed by atoms with van der Waals surface area (Å²) in [5, 5.41) is 8.88. The van der Waals surface area contributed by atoms with Gasteiger partial charge in [-0.1, -0.05) is 0 Å². The van der Waals surface area contributed by atoms with E-state index in [9.17, 15) is 4.79 Å². The molecule has 0 aromatic carbocycles. The molecule has 1 aromatic rings. The van der Waals surface area contributed by atoms with Crippen LogP contribution in [0, 0.1) is 0 Å². The highest BCUT2D eigenvalue weighted by Crippen LogP contribution is 2.23. The number of aliphatic hydroxyl groups is 1. The van der Waals surface area contributed by atoms with E-state index in [1.54, 1.807) is 4.90 Å². The van der Waals surface area contributed by atoms with Gasteiger partial charge in [-0.3, -0.25) is 0 Å². The van der Waals surface area contributed by atoms with Crippen LogP contribution >= 0.6 is 0 Å². The first-order valence-electron chi connectivity index (χ1n) is 7.08. The lowest BCUT2D eigenvalue weighted by atomic mass is 10.2. The molecule has 2 heterocycles. The van der Waals surface area contributed by atoms with Crippen molar-refractivity contribution in [3.8, 4) is 0 Å². The summed E-state index contributed by atoms with van der Waals surface area (Å²) >= 11 is 0. The summed E-state index contributed by atoms with van der Waals surface area (Å²) in [6, 6.07) is 0. The predicted octanol–water partition coefficient (Wildman–Crippen LogP) is 1.95. The van der Waals surface area contributed by atoms with Gasteiger partial charge in [0.15, 0.2) is 0 Å². The van der Waals surface area contributed by atoms with Crippen molar-refractivity contribution in [2.75, 3.05) is 18.1 Å². The van der Waals surface area contributed by atoms with E-state index in [0.717, 1.165) is 25.1 Å². The fourth-order valence-corrected chi connectivity index (χ4v) is 2.21. The molecular weight excluding hydrogens is 258 g/mol. The molecule has 1 aromatic heterocycles. The molecule has 0 saturated heterocycles. The lowest BCUT2D eigenvalue weighted by Crippen LogP contribution is -2.41. The summed E-state index contributed by atoms with van der Waals surface area (Å²) in [4.78, 5) is 18.3. The Kier molecular flexibility index (Phi) is 4.32. The van der Waals surface area contributed by atoms with Crippen molar-refractivity contribution in [1.29, 1.82) is 0 Å². The Labute approximate surface area is 119 Å². The molecule has 0 spiro atoms. The second kappa shape index (κ2) is 5.83. The minimum Gasteiger partial charge on any atom is -0.443 e. The van der Waals surface area contributed by atoms with E-state index in [1.165, 1.54) is 0 Å². The van der Waals surface area contributed by atoms with E-state index in [-0.39, 0.29) is 12.7 Å². The van der Waals surface area contributed by atoms with Gasteiger partial charge in [-0.2, -0.15) is 0 Å². The third-order valence-corrected chi connectivity index (χ3v) is 3.03. The molecule has 0 aliphatic carbocycles. The predicted molar refractivity (Wildman–Crippen MR) is 75.8 cm³/mol. The van der Waals surface area contributed by atoms with Gasteiger partial charge in [0, 0.05) is 25.9 Å². The minimum atomic E-state index is -0.508. The fraction of sp³-hybridized carbons (Fsp3) is 0.714. The van der Waals surface area contributed by atoms with Gasteiger partial charge in [-0.25, -0.2) is 14.7 Å². The van der Waals surface area contributed by atoms with Crippen molar-refractivity contribution in [2.24, 2.45) is 0 Å². The second-order valence-electron chi connectivity index (χ2n) is 6.04. The van der Waals surface area contributed by atoms with Gasteiger partial charge in [0.25, 0.3) is 0 Å². The number of amides is 1. The molecule has 0 bridgehead atoms. The Hall–Kier alpha value is -1.56. The second-order valence-corrected chi connectivity index (χ2v) is 6.04. The van der Waals surface area contributed by atoms with Crippen molar-refractivity contribution in [1.82, 2.24) is 9.55 Å². The van der Waals surface area contributed by atoms with Crippen LogP contribution in [0.25, 0.3) is 0 Å². The van der Waals surface area contributed by atoms with Gasteiger partial charge in [-0.15, -0.1) is 0 Å². The molecule has 6 nitrogen and oxygen atoms in total. The minimum absolute atomic E-state index is 0.151. The quantitative estimate of drug-likeness (QED) is 0.919. The summed E-state index contributed by atoms with van der Waals surface area (Å²) in [5.74, 6) is 0.651. The Morgan fingerprint density at radius 1 is 1.45 bits per heavy atom. The molecule has 6 heteroatoms. The molecule has 112 valence electrons. The third-order valence-electron chi connectivity index (χ3n) is 3.03. The van der Waals surface area contributed by atoms with Gasteiger partial charge in [0.2, 0.25) is 5.95 Å². The third kappa shape index (κ3) is 3.50. The molecule has 1 aliphatic rings. The van der Waals surface area contributed by atoms with E-state index in [4.69, 9.17) is 9.84 Å². The number of aryl methyl sites for hydroxylation is 2. The van der Waals surface area contributed by atoms with Gasteiger partial charge in [0.1, 0.15) is 5.60 Å². The molecule has 0 saturated carbocycles. The number of rotatable bonds is 3. The summed E-state index contributed by atoms with van der Waals surface area (Å²) in [7, 11) is 0. The lowest BCUT2D eigenvalue weighted by Gasteiger charge is -2.29. The molecular formula is C14H23N3O3. The van der Waals surface area contributed by atoms with Crippen molar-refractivity contribution in [3.05, 3.63) is 11.9 Å².